The molecule has 0 aromatic carbocycles. The number of allylic oxidation sites excluding steroid dienone is 1. The molecule has 140 valence electrons. The fraction of sp³-hybridized carbons (Fsp3) is 0.696. The van der Waals surface area contributed by atoms with Gasteiger partial charge in [-0.3, -0.25) is 0 Å². The molecule has 1 aromatic heterocycles. The highest BCUT2D eigenvalue weighted by atomic mass is 15.2. The van der Waals surface area contributed by atoms with Crippen LogP contribution in [0.15, 0.2) is 24.5 Å². The Kier molecular flexibility index (Phi) is 3.92. The van der Waals surface area contributed by atoms with Crippen molar-refractivity contribution in [1.29, 1.82) is 0 Å². The van der Waals surface area contributed by atoms with Gasteiger partial charge in [0, 0.05) is 17.9 Å². The number of fused-ring (bicyclic) bond motifs is 1. The Balaban J connectivity index is 1.61. The quantitative estimate of drug-likeness (QED) is 0.673. The zero-order valence-electron chi connectivity index (χ0n) is 17.7. The molecule has 0 bridgehead atoms. The lowest BCUT2D eigenvalue weighted by Gasteiger charge is -2.50. The van der Waals surface area contributed by atoms with Gasteiger partial charge < -0.3 is 4.90 Å². The predicted octanol–water partition coefficient (Wildman–Crippen LogP) is 5.30. The highest BCUT2D eigenvalue weighted by Crippen LogP contribution is 2.53. The number of pyridine rings is 1. The second kappa shape index (κ2) is 5.63. The molecule has 3 heteroatoms. The summed E-state index contributed by atoms with van der Waals surface area (Å²) in [7, 11) is 0. The Hall–Kier alpha value is -1.25. The summed E-state index contributed by atoms with van der Waals surface area (Å²) in [5, 5.41) is 0. The zero-order chi connectivity index (χ0) is 18.9. The van der Waals surface area contributed by atoms with Crippen molar-refractivity contribution < 1.29 is 0 Å². The van der Waals surface area contributed by atoms with Crippen LogP contribution in [0, 0.1) is 16.2 Å². The van der Waals surface area contributed by atoms with Crippen LogP contribution in [0.4, 0.5) is 5.82 Å². The van der Waals surface area contributed by atoms with Crippen molar-refractivity contribution in [3.63, 3.8) is 0 Å². The van der Waals surface area contributed by atoms with Crippen LogP contribution in [-0.2, 0) is 6.42 Å². The average molecular weight is 350 g/mol. The van der Waals surface area contributed by atoms with Gasteiger partial charge in [0.1, 0.15) is 5.82 Å². The van der Waals surface area contributed by atoms with Crippen LogP contribution < -0.4 is 10.4 Å². The number of rotatable bonds is 2. The van der Waals surface area contributed by atoms with Crippen LogP contribution in [-0.4, -0.2) is 17.7 Å². The molecular weight excluding hydrogens is 315 g/mol. The van der Waals surface area contributed by atoms with Crippen molar-refractivity contribution in [2.45, 2.75) is 85.9 Å². The summed E-state index contributed by atoms with van der Waals surface area (Å²) in [6.07, 6.45) is 9.40. The van der Waals surface area contributed by atoms with Crippen molar-refractivity contribution in [1.82, 2.24) is 4.98 Å². The van der Waals surface area contributed by atoms with Gasteiger partial charge in [-0.25, -0.2) is 4.98 Å². The molecule has 26 heavy (non-hydrogen) atoms. The molecule has 3 heterocycles. The van der Waals surface area contributed by atoms with Gasteiger partial charge in [0.25, 0.3) is 0 Å². The monoisotopic (exact) mass is 350 g/mol. The first kappa shape index (κ1) is 18.1. The van der Waals surface area contributed by atoms with E-state index in [1.165, 1.54) is 48.0 Å². The van der Waals surface area contributed by atoms with Gasteiger partial charge in [0.05, 0.1) is 0 Å². The third kappa shape index (κ3) is 2.82. The molecule has 0 unspecified atom stereocenters. The Morgan fingerprint density at radius 1 is 1.04 bits per heavy atom. The predicted molar refractivity (Wildman–Crippen MR) is 114 cm³/mol. The highest BCUT2D eigenvalue weighted by Gasteiger charge is 2.48. The van der Waals surface area contributed by atoms with E-state index in [1.54, 1.807) is 0 Å². The number of nitrogens with zero attached hydrogens (tertiary/aromatic N) is 2. The molecule has 0 amide bonds. The molecular formula is C23H35BN2. The van der Waals surface area contributed by atoms with Gasteiger partial charge in [0.2, 0.25) is 0 Å². The van der Waals surface area contributed by atoms with Crippen LogP contribution in [0.3, 0.4) is 0 Å². The minimum atomic E-state index is 0.394. The van der Waals surface area contributed by atoms with E-state index in [0.29, 0.717) is 29.0 Å². The molecule has 1 aromatic rings. The molecule has 0 spiro atoms. The summed E-state index contributed by atoms with van der Waals surface area (Å²) in [6.45, 7) is 19.5. The smallest absolute Gasteiger partial charge is 0.179 e. The number of aromatic nitrogens is 1. The van der Waals surface area contributed by atoms with E-state index in [4.69, 9.17) is 4.98 Å². The summed E-state index contributed by atoms with van der Waals surface area (Å²) in [4.78, 5) is 7.48. The van der Waals surface area contributed by atoms with Gasteiger partial charge in [-0.1, -0.05) is 72.3 Å². The molecule has 2 aliphatic heterocycles. The van der Waals surface area contributed by atoms with Crippen molar-refractivity contribution in [3.05, 3.63) is 30.1 Å². The first-order valence-corrected chi connectivity index (χ1v) is 10.4. The molecule has 2 nitrogen and oxygen atoms in total. The summed E-state index contributed by atoms with van der Waals surface area (Å²) in [6, 6.07) is 3.08. The molecule has 0 radical (unpaired) electrons. The van der Waals surface area contributed by atoms with Crippen molar-refractivity contribution in [2.75, 3.05) is 4.90 Å². The topological polar surface area (TPSA) is 16.1 Å². The van der Waals surface area contributed by atoms with Crippen LogP contribution in [0.2, 0.25) is 12.6 Å². The van der Waals surface area contributed by atoms with Crippen LogP contribution >= 0.6 is 0 Å². The number of anilines is 1. The molecule has 1 saturated carbocycles. The summed E-state index contributed by atoms with van der Waals surface area (Å²) >= 11 is 0. The van der Waals surface area contributed by atoms with E-state index >= 15 is 0 Å². The molecule has 1 saturated heterocycles. The number of hydrogen-bond donors (Lipinski definition) is 0. The van der Waals surface area contributed by atoms with Crippen molar-refractivity contribution in [2.24, 2.45) is 16.2 Å². The largest absolute Gasteiger partial charge is 0.327 e. The third-order valence-corrected chi connectivity index (χ3v) is 7.97. The average Bonchev–Trinajstić information content (AvgIpc) is 2.72. The Morgan fingerprint density at radius 3 is 2.23 bits per heavy atom. The number of hydrogen-bond acceptors (Lipinski definition) is 2. The van der Waals surface area contributed by atoms with Crippen LogP contribution in [0.5, 0.6) is 0 Å². The van der Waals surface area contributed by atoms with Gasteiger partial charge in [-0.05, 0) is 47.5 Å². The van der Waals surface area contributed by atoms with Gasteiger partial charge >= 0.3 is 0 Å². The van der Waals surface area contributed by atoms with Gasteiger partial charge in [-0.2, -0.15) is 0 Å². The first-order chi connectivity index (χ1) is 12.0. The molecule has 4 rings (SSSR count). The van der Waals surface area contributed by atoms with Gasteiger partial charge in [-0.15, -0.1) is 0 Å². The summed E-state index contributed by atoms with van der Waals surface area (Å²) in [5.74, 6) is 1.20. The van der Waals surface area contributed by atoms with Crippen molar-refractivity contribution in [3.8, 4) is 0 Å². The normalized spacial score (nSPS) is 26.6. The second-order valence-corrected chi connectivity index (χ2v) is 11.3. The van der Waals surface area contributed by atoms with Crippen molar-refractivity contribution >= 4 is 18.0 Å². The van der Waals surface area contributed by atoms with E-state index < -0.39 is 0 Å². The van der Waals surface area contributed by atoms with E-state index in [2.05, 4.69) is 65.3 Å². The molecule has 0 N–H and O–H groups in total. The van der Waals surface area contributed by atoms with Crippen LogP contribution in [0.25, 0.3) is 0 Å². The zero-order valence-corrected chi connectivity index (χ0v) is 17.7. The molecule has 2 fully saturated rings. The Labute approximate surface area is 160 Å². The summed E-state index contributed by atoms with van der Waals surface area (Å²) < 4.78 is 0. The lowest BCUT2D eigenvalue weighted by atomic mass is 9.42. The van der Waals surface area contributed by atoms with E-state index in [9.17, 15) is 0 Å². The van der Waals surface area contributed by atoms with E-state index in [0.717, 1.165) is 12.8 Å². The third-order valence-electron chi connectivity index (χ3n) is 7.97. The minimum absolute atomic E-state index is 0.394. The number of aryl methyl sites for hydroxylation is 1. The second-order valence-electron chi connectivity index (χ2n) is 11.3. The SMILES string of the molecule is C=C1CCc2cc(B3CC(C)(C)C(C)(C)C3)cnc2N1C1CC(C)(C)C1. The molecule has 3 aliphatic rings. The lowest BCUT2D eigenvalue weighted by molar-refractivity contribution is 0.149. The summed E-state index contributed by atoms with van der Waals surface area (Å²) in [5.41, 5.74) is 5.44. The maximum atomic E-state index is 5.01. The molecule has 1 aliphatic carbocycles. The fourth-order valence-corrected chi connectivity index (χ4v) is 5.62. The maximum Gasteiger partial charge on any atom is 0.179 e. The van der Waals surface area contributed by atoms with E-state index in [1.807, 2.05) is 0 Å². The maximum absolute atomic E-state index is 5.01. The Bertz CT molecular complexity index is 723. The van der Waals surface area contributed by atoms with Gasteiger partial charge in [0.15, 0.2) is 6.71 Å². The molecule has 0 atom stereocenters. The highest BCUT2D eigenvalue weighted by molar-refractivity contribution is 6.74. The first-order valence-electron chi connectivity index (χ1n) is 10.4. The minimum Gasteiger partial charge on any atom is -0.327 e. The Morgan fingerprint density at radius 2 is 1.65 bits per heavy atom. The fourth-order valence-electron chi connectivity index (χ4n) is 5.62. The van der Waals surface area contributed by atoms with Crippen LogP contribution in [0.1, 0.15) is 66.4 Å². The standard InChI is InChI=1S/C23H35BN2/c1-16-8-9-17-10-18(24-14-22(4,5)23(6,7)15-24)13-25-20(17)26(16)19-11-21(2,3)12-19/h10,13,19H,1,8-9,11-12,14-15H2,2-7H3. The van der Waals surface area contributed by atoms with E-state index in [-0.39, 0.29) is 0 Å². The lowest BCUT2D eigenvalue weighted by Crippen LogP contribution is -2.50.